The van der Waals surface area contributed by atoms with Crippen LogP contribution in [0.2, 0.25) is 0 Å². The summed E-state index contributed by atoms with van der Waals surface area (Å²) >= 11 is 0. The van der Waals surface area contributed by atoms with Crippen molar-refractivity contribution in [3.8, 4) is 0 Å². The third kappa shape index (κ3) is 16.3. The van der Waals surface area contributed by atoms with Crippen LogP contribution < -0.4 is 22.5 Å². The van der Waals surface area contributed by atoms with E-state index >= 15 is 0 Å². The van der Waals surface area contributed by atoms with Gasteiger partial charge in [0.2, 0.25) is 0 Å². The van der Waals surface area contributed by atoms with Gasteiger partial charge in [-0.2, -0.15) is 39.5 Å². The molecule has 4 aliphatic carbocycles. The molecule has 0 radical (unpaired) electrons. The van der Waals surface area contributed by atoms with Gasteiger partial charge in [0.1, 0.15) is 24.4 Å². The average Bonchev–Trinajstić information content (AvgIpc) is 4.05. The number of hydrazine groups is 2. The zero-order valence-electron chi connectivity index (χ0n) is 36.8. The van der Waals surface area contributed by atoms with Crippen molar-refractivity contribution in [2.24, 2.45) is 70.9 Å². The van der Waals surface area contributed by atoms with Crippen molar-refractivity contribution in [1.29, 1.82) is 0 Å². The average molecular weight is 1550 g/mol. The minimum Gasteiger partial charge on any atom is -0.462 e. The van der Waals surface area contributed by atoms with Crippen LogP contribution in [0.4, 0.5) is 0 Å². The van der Waals surface area contributed by atoms with Crippen LogP contribution in [0.3, 0.4) is 0 Å². The maximum atomic E-state index is 11.2. The Morgan fingerprint density at radius 3 is 1.10 bits per heavy atom. The van der Waals surface area contributed by atoms with Gasteiger partial charge in [0.25, 0.3) is 0 Å². The van der Waals surface area contributed by atoms with Crippen LogP contribution in [-0.2, 0) is 122 Å². The van der Waals surface area contributed by atoms with Crippen LogP contribution >= 0.6 is 0 Å². The van der Waals surface area contributed by atoms with Crippen LogP contribution in [0.25, 0.3) is 0 Å². The predicted octanol–water partition coefficient (Wildman–Crippen LogP) is 4.56. The van der Waals surface area contributed by atoms with Crippen molar-refractivity contribution in [1.82, 2.24) is 10.9 Å². The molecule has 14 nitrogen and oxygen atoms in total. The fraction of sp³-hybridized carbons (Fsp3) is 0.818. The molecule has 8 fully saturated rings. The number of unbranched alkanes of at least 4 members (excludes halogenated alkanes) is 2. The molecule has 16 atom stereocenters. The van der Waals surface area contributed by atoms with E-state index in [2.05, 4.69) is 44.5 Å². The number of esters is 4. The summed E-state index contributed by atoms with van der Waals surface area (Å²) in [6, 6.07) is 0. The summed E-state index contributed by atoms with van der Waals surface area (Å²) in [5, 5.41) is 19.6. The molecule has 4 heterocycles. The molecule has 0 unspecified atom stereocenters. The molecule has 8 N–H and O–H groups in total. The van der Waals surface area contributed by atoms with Gasteiger partial charge >= 0.3 is 23.9 Å². The first-order valence-corrected chi connectivity index (χ1v) is 22.1. The molecule has 0 aromatic carbocycles. The number of hydrogen-bond donors (Lipinski definition) is 6. The summed E-state index contributed by atoms with van der Waals surface area (Å²) in [5.74, 6) is 14.8. The van der Waals surface area contributed by atoms with Gasteiger partial charge in [-0.25, -0.2) is 0 Å². The SMILES string of the molecule is C[C@@H]1C[C@@H]2OC(=O)C[C@@H]2[C@H]1CC[CH-]NN.C[CH-]CC[C@@H]1[C@H]2CC(=O)O[C@H]2C[C@H]1C.C[CH-]CC[C@@H]1[C@H]2CC(=O)O[C@H]2C[C@H]1O.NN[CH-]CC[C@@H]1[C@H]2CC(=O)O[C@H]2C[C@H]1O.[W].[W].[W].[W]. The molecule has 0 amide bonds. The van der Waals surface area contributed by atoms with E-state index in [9.17, 15) is 29.4 Å². The van der Waals surface area contributed by atoms with Crippen LogP contribution in [-0.4, -0.2) is 70.7 Å². The van der Waals surface area contributed by atoms with Crippen LogP contribution in [0, 0.1) is 85.1 Å². The number of aliphatic hydroxyl groups excluding tert-OH is 2. The van der Waals surface area contributed by atoms with Gasteiger partial charge in [-0.1, -0.05) is 39.5 Å². The topological polar surface area (TPSA) is 222 Å². The monoisotopic (exact) mass is 1550 g/mol. The summed E-state index contributed by atoms with van der Waals surface area (Å²) in [5.41, 5.74) is 5.02. The Hall–Kier alpha value is 0.393. The number of aliphatic hydroxyl groups is 2. The second-order valence-corrected chi connectivity index (χ2v) is 18.1. The second-order valence-electron chi connectivity index (χ2n) is 18.1. The Balaban J connectivity index is 0.000000405. The first kappa shape index (κ1) is 60.4. The number of nitrogens with one attached hydrogen (secondary N) is 2. The van der Waals surface area contributed by atoms with Crippen LogP contribution in [0.5, 0.6) is 0 Å². The number of carbonyl (C=O) groups is 4. The zero-order valence-corrected chi connectivity index (χ0v) is 48.5. The van der Waals surface area contributed by atoms with Crippen molar-refractivity contribution in [3.63, 3.8) is 0 Å². The van der Waals surface area contributed by atoms with Crippen molar-refractivity contribution < 1.29 is 133 Å². The summed E-state index contributed by atoms with van der Waals surface area (Å²) in [7, 11) is 0. The molecule has 0 bridgehead atoms. The molecule has 0 spiro atoms. The number of carbonyl (C=O) groups excluding carboxylic acids is 4. The van der Waals surface area contributed by atoms with Crippen LogP contribution in [0.15, 0.2) is 0 Å². The minimum atomic E-state index is -0.334. The zero-order chi connectivity index (χ0) is 41.9. The van der Waals surface area contributed by atoms with Crippen molar-refractivity contribution >= 4 is 23.9 Å². The molecule has 0 aromatic rings. The molecular weight excluding hydrogens is 1480 g/mol. The largest absolute Gasteiger partial charge is 0.462 e. The molecule has 356 valence electrons. The Morgan fingerprint density at radius 1 is 0.500 bits per heavy atom. The maximum Gasteiger partial charge on any atom is 0.306 e. The van der Waals surface area contributed by atoms with Gasteiger partial charge in [-0.15, -0.1) is 0 Å². The van der Waals surface area contributed by atoms with E-state index < -0.39 is 0 Å². The summed E-state index contributed by atoms with van der Waals surface area (Å²) in [4.78, 5) is 44.5. The summed E-state index contributed by atoms with van der Waals surface area (Å²) in [6.07, 6.45) is 17.9. The maximum absolute atomic E-state index is 11.2. The van der Waals surface area contributed by atoms with Crippen molar-refractivity contribution in [3.05, 3.63) is 25.9 Å². The first-order valence-electron chi connectivity index (χ1n) is 22.1. The Kier molecular flexibility index (Phi) is 29.2. The molecule has 0 aromatic heterocycles. The van der Waals surface area contributed by atoms with E-state index in [0.717, 1.165) is 57.3 Å². The normalized spacial score (nSPS) is 37.5. The fourth-order valence-corrected chi connectivity index (χ4v) is 11.7. The summed E-state index contributed by atoms with van der Waals surface area (Å²) < 4.78 is 20.9. The fourth-order valence-electron chi connectivity index (χ4n) is 11.7. The van der Waals surface area contributed by atoms with E-state index in [1.807, 2.05) is 13.5 Å². The third-order valence-electron chi connectivity index (χ3n) is 14.6. The minimum absolute atomic E-state index is 0. The molecule has 4 saturated carbocycles. The van der Waals surface area contributed by atoms with Gasteiger partial charge in [0.05, 0.1) is 37.9 Å². The quantitative estimate of drug-likeness (QED) is 0.0351. The molecule has 4 aliphatic heterocycles. The van der Waals surface area contributed by atoms with E-state index in [1.165, 1.54) is 12.8 Å². The Morgan fingerprint density at radius 2 is 0.774 bits per heavy atom. The van der Waals surface area contributed by atoms with E-state index in [0.29, 0.717) is 68.1 Å². The van der Waals surface area contributed by atoms with Crippen molar-refractivity contribution in [2.75, 3.05) is 0 Å². The van der Waals surface area contributed by atoms with Crippen molar-refractivity contribution in [2.45, 2.75) is 167 Å². The van der Waals surface area contributed by atoms with Gasteiger partial charge < -0.3 is 64.5 Å². The van der Waals surface area contributed by atoms with Gasteiger partial charge in [0, 0.05) is 121 Å². The van der Waals surface area contributed by atoms with E-state index in [-0.39, 0.29) is 168 Å². The second kappa shape index (κ2) is 30.0. The third-order valence-corrected chi connectivity index (χ3v) is 14.6. The molecule has 18 heteroatoms. The summed E-state index contributed by atoms with van der Waals surface area (Å²) in [6.45, 7) is 12.3. The number of hydrogen-bond acceptors (Lipinski definition) is 14. The molecule has 62 heavy (non-hydrogen) atoms. The predicted molar refractivity (Wildman–Crippen MR) is 215 cm³/mol. The smallest absolute Gasteiger partial charge is 0.306 e. The van der Waals surface area contributed by atoms with Gasteiger partial charge in [0.15, 0.2) is 0 Å². The van der Waals surface area contributed by atoms with Gasteiger partial charge in [-0.3, -0.25) is 32.3 Å². The number of nitrogens with two attached hydrogens (primary N) is 2. The Labute approximate surface area is 427 Å². The van der Waals surface area contributed by atoms with E-state index in [1.54, 1.807) is 6.54 Å². The number of rotatable bonds is 14. The first-order chi connectivity index (χ1) is 27.9. The van der Waals surface area contributed by atoms with E-state index in [4.69, 9.17) is 30.6 Å². The van der Waals surface area contributed by atoms with Crippen LogP contribution in [0.1, 0.15) is 130 Å². The number of ether oxygens (including phenoxy) is 4. The molecule has 8 rings (SSSR count). The van der Waals surface area contributed by atoms with Gasteiger partial charge in [-0.05, 0) is 48.3 Å². The standard InChI is InChI=1S/C12H19O2.C11H19N2O2.C11H17O3.C10H17N2O3.4W/c1-3-4-5-9-8(2)6-11-10(9)7-12(13)14-11;1-7-5-10-9(6-11(14)15-10)8(7)3-2-4-13-12;1-2-3-4-7-8-5-11(13)14-10(8)6-9(7)12;11-12-3-1-2-6-7-4-10(14)15-9(7)5-8(6)13;;;;/h3,8-11H,4-7H2,1-2H3;4,7-10,13H,2-3,5-6,12H2,1H3;2,7-10,12H,3-6H2,1H3;3,6-9,12-13H,1-2,4-5,11H2;;;;/q4*-1;;;;/t8-,9+,10-,11+;7-,8+,9-,10+;7-,8-,9-,10+;6-,7-,8-,9+;;;;/m1111..../s1. The molecule has 4 saturated heterocycles. The molecule has 8 aliphatic rings. The molecular formula is C44H72N4O10W4-4. The number of fused-ring (bicyclic) bond motifs is 4. The Bertz CT molecular complexity index is 1260.